The van der Waals surface area contributed by atoms with Gasteiger partial charge in [-0.2, -0.15) is 0 Å². The zero-order chi connectivity index (χ0) is 21.8. The number of esters is 1. The molecule has 2 unspecified atom stereocenters. The summed E-state index contributed by atoms with van der Waals surface area (Å²) < 4.78 is 11.8. The van der Waals surface area contributed by atoms with E-state index in [-0.39, 0.29) is 18.0 Å². The number of nitrogens with one attached hydrogen (secondary N) is 1. The maximum atomic E-state index is 11.7. The maximum absolute atomic E-state index is 11.7. The SMILES string of the molecule is O=C(OCCc1ccc(C2CCNCC2OCc2ccc3ccccc3c2)cc1)C1CC1. The Labute approximate surface area is 189 Å². The number of carbonyl (C=O) groups is 1. The molecule has 4 heteroatoms. The fourth-order valence-electron chi connectivity index (χ4n) is 4.56. The van der Waals surface area contributed by atoms with Crippen molar-refractivity contribution in [3.8, 4) is 0 Å². The van der Waals surface area contributed by atoms with Gasteiger partial charge in [-0.15, -0.1) is 0 Å². The third kappa shape index (κ3) is 5.20. The number of fused-ring (bicyclic) bond motifs is 1. The fraction of sp³-hybridized carbons (Fsp3) is 0.393. The molecule has 0 spiro atoms. The molecule has 4 nitrogen and oxygen atoms in total. The molecule has 1 saturated heterocycles. The predicted molar refractivity (Wildman–Crippen MR) is 127 cm³/mol. The number of carbonyl (C=O) groups excluding carboxylic acids is 1. The van der Waals surface area contributed by atoms with Crippen molar-refractivity contribution >= 4 is 16.7 Å². The Morgan fingerprint density at radius 3 is 2.50 bits per heavy atom. The quantitative estimate of drug-likeness (QED) is 0.512. The average Bonchev–Trinajstić information content (AvgIpc) is 3.69. The summed E-state index contributed by atoms with van der Waals surface area (Å²) in [6.45, 7) is 2.98. The molecule has 32 heavy (non-hydrogen) atoms. The van der Waals surface area contributed by atoms with Crippen LogP contribution in [0.25, 0.3) is 10.8 Å². The van der Waals surface area contributed by atoms with Crippen molar-refractivity contribution in [2.24, 2.45) is 5.92 Å². The zero-order valence-corrected chi connectivity index (χ0v) is 18.5. The Hall–Kier alpha value is -2.69. The first-order chi connectivity index (χ1) is 15.8. The summed E-state index contributed by atoms with van der Waals surface area (Å²) >= 11 is 0. The minimum Gasteiger partial charge on any atom is -0.465 e. The molecule has 0 amide bonds. The second-order valence-corrected chi connectivity index (χ2v) is 9.06. The van der Waals surface area contributed by atoms with Crippen LogP contribution in [-0.2, 0) is 27.3 Å². The predicted octanol–water partition coefficient (Wildman–Crippen LogP) is 5.00. The molecule has 3 aromatic rings. The van der Waals surface area contributed by atoms with Crippen LogP contribution < -0.4 is 5.32 Å². The van der Waals surface area contributed by atoms with E-state index in [1.807, 2.05) is 0 Å². The second kappa shape index (κ2) is 9.85. The lowest BCUT2D eigenvalue weighted by Gasteiger charge is -2.32. The summed E-state index contributed by atoms with van der Waals surface area (Å²) in [7, 11) is 0. The van der Waals surface area contributed by atoms with Gasteiger partial charge in [-0.05, 0) is 59.3 Å². The molecule has 2 fully saturated rings. The fourth-order valence-corrected chi connectivity index (χ4v) is 4.56. The van der Waals surface area contributed by atoms with Gasteiger partial charge in [0.05, 0.1) is 25.2 Å². The topological polar surface area (TPSA) is 47.6 Å². The van der Waals surface area contributed by atoms with E-state index in [0.29, 0.717) is 19.1 Å². The van der Waals surface area contributed by atoms with Crippen LogP contribution in [0.5, 0.6) is 0 Å². The molecule has 1 aliphatic heterocycles. The van der Waals surface area contributed by atoms with Gasteiger partial charge in [-0.3, -0.25) is 4.79 Å². The molecule has 5 rings (SSSR count). The molecule has 2 aliphatic rings. The number of hydrogen-bond acceptors (Lipinski definition) is 4. The zero-order valence-electron chi connectivity index (χ0n) is 18.5. The van der Waals surface area contributed by atoms with Gasteiger partial charge in [0.1, 0.15) is 0 Å². The summed E-state index contributed by atoms with van der Waals surface area (Å²) in [6, 6.07) is 23.8. The molecular formula is C28H31NO3. The first kappa shape index (κ1) is 21.2. The molecule has 2 atom stereocenters. The van der Waals surface area contributed by atoms with Gasteiger partial charge >= 0.3 is 5.97 Å². The number of benzene rings is 3. The van der Waals surface area contributed by atoms with Gasteiger partial charge in [-0.1, -0.05) is 60.7 Å². The molecule has 1 N–H and O–H groups in total. The number of hydrogen-bond donors (Lipinski definition) is 1. The molecule has 1 aliphatic carbocycles. The smallest absolute Gasteiger partial charge is 0.308 e. The van der Waals surface area contributed by atoms with Crippen molar-refractivity contribution in [3.05, 3.63) is 83.4 Å². The summed E-state index contributed by atoms with van der Waals surface area (Å²) in [5.41, 5.74) is 3.75. The highest BCUT2D eigenvalue weighted by molar-refractivity contribution is 5.82. The van der Waals surface area contributed by atoms with Gasteiger partial charge in [0, 0.05) is 18.9 Å². The van der Waals surface area contributed by atoms with E-state index in [0.717, 1.165) is 38.8 Å². The lowest BCUT2D eigenvalue weighted by Crippen LogP contribution is -2.40. The van der Waals surface area contributed by atoms with Gasteiger partial charge < -0.3 is 14.8 Å². The molecule has 3 aromatic carbocycles. The normalized spacial score (nSPS) is 20.9. The van der Waals surface area contributed by atoms with Gasteiger partial charge in [-0.25, -0.2) is 0 Å². The minimum atomic E-state index is -0.0253. The van der Waals surface area contributed by atoms with Crippen molar-refractivity contribution in [1.82, 2.24) is 5.32 Å². The van der Waals surface area contributed by atoms with E-state index < -0.39 is 0 Å². The van der Waals surface area contributed by atoms with Crippen molar-refractivity contribution < 1.29 is 14.3 Å². The summed E-state index contributed by atoms with van der Waals surface area (Å²) in [5, 5.41) is 6.01. The number of piperidine rings is 1. The van der Waals surface area contributed by atoms with Crippen LogP contribution in [0, 0.1) is 5.92 Å². The highest BCUT2D eigenvalue weighted by atomic mass is 16.5. The highest BCUT2D eigenvalue weighted by Crippen LogP contribution is 2.31. The maximum Gasteiger partial charge on any atom is 0.308 e. The third-order valence-electron chi connectivity index (χ3n) is 6.66. The first-order valence-electron chi connectivity index (χ1n) is 11.8. The summed E-state index contributed by atoms with van der Waals surface area (Å²) in [6.07, 6.45) is 3.98. The number of ether oxygens (including phenoxy) is 2. The molecule has 1 heterocycles. The molecule has 166 valence electrons. The lowest BCUT2D eigenvalue weighted by molar-refractivity contribution is -0.145. The summed E-state index contributed by atoms with van der Waals surface area (Å²) in [4.78, 5) is 11.7. The van der Waals surface area contributed by atoms with Crippen LogP contribution in [-0.4, -0.2) is 31.8 Å². The third-order valence-corrected chi connectivity index (χ3v) is 6.66. The van der Waals surface area contributed by atoms with Crippen LogP contribution in [0.2, 0.25) is 0 Å². The van der Waals surface area contributed by atoms with E-state index in [4.69, 9.17) is 9.47 Å². The lowest BCUT2D eigenvalue weighted by atomic mass is 9.87. The molecule has 0 bridgehead atoms. The monoisotopic (exact) mass is 429 g/mol. The standard InChI is InChI=1S/C28H31NO3/c30-28(24-11-12-24)31-16-14-20-5-9-23(10-6-20)26-13-15-29-18-27(26)32-19-21-7-8-22-3-1-2-4-25(22)17-21/h1-10,17,24,26-27,29H,11-16,18-19H2. The highest BCUT2D eigenvalue weighted by Gasteiger charge is 2.31. The van der Waals surface area contributed by atoms with E-state index in [1.165, 1.54) is 27.5 Å². The van der Waals surface area contributed by atoms with Crippen molar-refractivity contribution in [2.75, 3.05) is 19.7 Å². The van der Waals surface area contributed by atoms with Crippen LogP contribution >= 0.6 is 0 Å². The van der Waals surface area contributed by atoms with Gasteiger partial charge in [0.2, 0.25) is 0 Å². The van der Waals surface area contributed by atoms with E-state index in [9.17, 15) is 4.79 Å². The van der Waals surface area contributed by atoms with Crippen molar-refractivity contribution in [3.63, 3.8) is 0 Å². The minimum absolute atomic E-state index is 0.0253. The Bertz CT molecular complexity index is 1060. The Morgan fingerprint density at radius 2 is 1.69 bits per heavy atom. The molecular weight excluding hydrogens is 398 g/mol. The largest absolute Gasteiger partial charge is 0.465 e. The second-order valence-electron chi connectivity index (χ2n) is 9.06. The van der Waals surface area contributed by atoms with Crippen molar-refractivity contribution in [1.29, 1.82) is 0 Å². The van der Waals surface area contributed by atoms with E-state index >= 15 is 0 Å². The van der Waals surface area contributed by atoms with Gasteiger partial charge in [0.25, 0.3) is 0 Å². The van der Waals surface area contributed by atoms with E-state index in [1.54, 1.807) is 0 Å². The molecule has 1 saturated carbocycles. The number of rotatable bonds is 8. The summed E-state index contributed by atoms with van der Waals surface area (Å²) in [5.74, 6) is 0.532. The van der Waals surface area contributed by atoms with Crippen molar-refractivity contribution in [2.45, 2.75) is 44.3 Å². The first-order valence-corrected chi connectivity index (χ1v) is 11.8. The van der Waals surface area contributed by atoms with Crippen LogP contribution in [0.15, 0.2) is 66.7 Å². The average molecular weight is 430 g/mol. The molecule has 0 aromatic heterocycles. The molecule has 0 radical (unpaired) electrons. The Morgan fingerprint density at radius 1 is 0.906 bits per heavy atom. The van der Waals surface area contributed by atoms with Gasteiger partial charge in [0.15, 0.2) is 0 Å². The van der Waals surface area contributed by atoms with Crippen LogP contribution in [0.1, 0.15) is 41.9 Å². The Balaban J connectivity index is 1.18. The van der Waals surface area contributed by atoms with Crippen LogP contribution in [0.4, 0.5) is 0 Å². The van der Waals surface area contributed by atoms with E-state index in [2.05, 4.69) is 72.0 Å². The van der Waals surface area contributed by atoms with Crippen LogP contribution in [0.3, 0.4) is 0 Å². The Kier molecular flexibility index (Phi) is 6.51.